The van der Waals surface area contributed by atoms with E-state index in [1.807, 2.05) is 43.3 Å². The number of fused-ring (bicyclic) bond motifs is 1. The van der Waals surface area contributed by atoms with Crippen LogP contribution in [-0.4, -0.2) is 25.9 Å². The van der Waals surface area contributed by atoms with Crippen molar-refractivity contribution in [1.82, 2.24) is 4.31 Å². The molecule has 1 aliphatic heterocycles. The minimum atomic E-state index is -3.47. The summed E-state index contributed by atoms with van der Waals surface area (Å²) in [4.78, 5) is 0.351. The van der Waals surface area contributed by atoms with Crippen LogP contribution in [0.4, 0.5) is 0 Å². The molecule has 0 spiro atoms. The Morgan fingerprint density at radius 3 is 2.54 bits per heavy atom. The Hall–Kier alpha value is -2.11. The number of allylic oxidation sites excluding steroid dienone is 1. The maximum Gasteiger partial charge on any atom is 0.263 e. The molecule has 0 saturated heterocycles. The summed E-state index contributed by atoms with van der Waals surface area (Å²) in [6, 6.07) is 17.1. The zero-order valence-corrected chi connectivity index (χ0v) is 15.6. The molecular weight excluding hydrogens is 346 g/mol. The zero-order chi connectivity index (χ0) is 18.1. The van der Waals surface area contributed by atoms with Crippen molar-refractivity contribution in [3.8, 4) is 0 Å². The molecule has 1 heterocycles. The highest BCUT2D eigenvalue weighted by Gasteiger charge is 2.51. The topological polar surface area (TPSA) is 46.6 Å². The molecule has 2 aromatic rings. The van der Waals surface area contributed by atoms with Gasteiger partial charge < -0.3 is 4.74 Å². The molecule has 1 fully saturated rings. The minimum Gasteiger partial charge on any atom is -0.376 e. The van der Waals surface area contributed by atoms with Crippen molar-refractivity contribution in [2.75, 3.05) is 13.2 Å². The van der Waals surface area contributed by atoms with Gasteiger partial charge in [0, 0.05) is 12.7 Å². The standard InChI is InChI=1S/C21H23NO3S/c1-16-7-9-18(10-8-16)26(23,24)22-12-11-19-20(13-22)21(19)15-25-14-17-5-3-2-4-6-17/h2-12,19-21H,13-15H2,1H3/t19-,20+,21+/m1/s1. The second-order valence-electron chi connectivity index (χ2n) is 7.14. The Bertz CT molecular complexity index is 891. The van der Waals surface area contributed by atoms with Crippen molar-refractivity contribution >= 4 is 10.0 Å². The van der Waals surface area contributed by atoms with Crippen molar-refractivity contribution in [1.29, 1.82) is 0 Å². The van der Waals surface area contributed by atoms with Crippen molar-refractivity contribution in [2.45, 2.75) is 18.4 Å². The number of sulfonamides is 1. The smallest absolute Gasteiger partial charge is 0.263 e. The fourth-order valence-electron chi connectivity index (χ4n) is 3.63. The van der Waals surface area contributed by atoms with Crippen LogP contribution in [0, 0.1) is 24.7 Å². The normalized spacial score (nSPS) is 24.3. The summed E-state index contributed by atoms with van der Waals surface area (Å²) in [6.45, 7) is 3.77. The van der Waals surface area contributed by atoms with E-state index in [0.717, 1.165) is 11.1 Å². The van der Waals surface area contributed by atoms with Gasteiger partial charge in [-0.05, 0) is 42.4 Å². The quantitative estimate of drug-likeness (QED) is 0.782. The number of ether oxygens (including phenoxy) is 1. The highest BCUT2D eigenvalue weighted by atomic mass is 32.2. The van der Waals surface area contributed by atoms with Gasteiger partial charge in [0.25, 0.3) is 10.0 Å². The molecule has 2 aromatic carbocycles. The molecular formula is C21H23NO3S. The van der Waals surface area contributed by atoms with Crippen LogP contribution < -0.4 is 0 Å². The lowest BCUT2D eigenvalue weighted by molar-refractivity contribution is 0.106. The number of rotatable bonds is 6. The number of aryl methyl sites for hydroxylation is 1. The predicted octanol–water partition coefficient (Wildman–Crippen LogP) is 3.59. The van der Waals surface area contributed by atoms with Crippen LogP contribution in [0.2, 0.25) is 0 Å². The van der Waals surface area contributed by atoms with Crippen LogP contribution in [0.15, 0.2) is 71.8 Å². The highest BCUT2D eigenvalue weighted by molar-refractivity contribution is 7.89. The van der Waals surface area contributed by atoms with Gasteiger partial charge in [-0.2, -0.15) is 0 Å². The molecule has 26 heavy (non-hydrogen) atoms. The number of nitrogens with zero attached hydrogens (tertiary/aromatic N) is 1. The lowest BCUT2D eigenvalue weighted by Crippen LogP contribution is -2.30. The van der Waals surface area contributed by atoms with E-state index in [1.165, 1.54) is 4.31 Å². The van der Waals surface area contributed by atoms with E-state index in [1.54, 1.807) is 18.3 Å². The van der Waals surface area contributed by atoms with E-state index in [2.05, 4.69) is 12.1 Å². The first kappa shape index (κ1) is 17.3. The van der Waals surface area contributed by atoms with Gasteiger partial charge >= 0.3 is 0 Å². The fraction of sp³-hybridized carbons (Fsp3) is 0.333. The van der Waals surface area contributed by atoms with Crippen molar-refractivity contribution in [2.24, 2.45) is 17.8 Å². The van der Waals surface area contributed by atoms with E-state index >= 15 is 0 Å². The average molecular weight is 369 g/mol. The van der Waals surface area contributed by atoms with Crippen molar-refractivity contribution in [3.05, 3.63) is 78.0 Å². The number of hydrogen-bond acceptors (Lipinski definition) is 3. The van der Waals surface area contributed by atoms with Crippen LogP contribution in [-0.2, 0) is 21.4 Å². The van der Waals surface area contributed by atoms with Gasteiger partial charge in [-0.1, -0.05) is 54.1 Å². The van der Waals surface area contributed by atoms with Crippen molar-refractivity contribution < 1.29 is 13.2 Å². The molecule has 1 aliphatic carbocycles. The molecule has 2 aliphatic rings. The number of benzene rings is 2. The first-order valence-corrected chi connectivity index (χ1v) is 10.4. The summed E-state index contributed by atoms with van der Waals surface area (Å²) in [5, 5.41) is 0. The maximum atomic E-state index is 12.8. The first-order valence-electron chi connectivity index (χ1n) is 8.94. The fourth-order valence-corrected chi connectivity index (χ4v) is 4.98. The molecule has 4 rings (SSSR count). The summed E-state index contributed by atoms with van der Waals surface area (Å²) >= 11 is 0. The van der Waals surface area contributed by atoms with Gasteiger partial charge in [-0.15, -0.1) is 0 Å². The third kappa shape index (κ3) is 3.41. The molecule has 0 N–H and O–H groups in total. The Balaban J connectivity index is 1.34. The van der Waals surface area contributed by atoms with Gasteiger partial charge in [-0.25, -0.2) is 8.42 Å². The second-order valence-corrected chi connectivity index (χ2v) is 9.03. The van der Waals surface area contributed by atoms with E-state index < -0.39 is 10.0 Å². The van der Waals surface area contributed by atoms with Gasteiger partial charge in [-0.3, -0.25) is 4.31 Å². The molecule has 3 atom stereocenters. The third-order valence-corrected chi connectivity index (χ3v) is 7.07. The Morgan fingerprint density at radius 2 is 1.81 bits per heavy atom. The van der Waals surface area contributed by atoms with Crippen molar-refractivity contribution in [3.63, 3.8) is 0 Å². The minimum absolute atomic E-state index is 0.351. The first-order chi connectivity index (χ1) is 12.6. The average Bonchev–Trinajstić information content (AvgIpc) is 3.35. The van der Waals surface area contributed by atoms with Crippen LogP contribution in [0.3, 0.4) is 0 Å². The monoisotopic (exact) mass is 369 g/mol. The molecule has 136 valence electrons. The molecule has 0 aromatic heterocycles. The van der Waals surface area contributed by atoms with E-state index in [4.69, 9.17) is 4.74 Å². The molecule has 1 saturated carbocycles. The summed E-state index contributed by atoms with van der Waals surface area (Å²) in [5.41, 5.74) is 2.21. The molecule has 0 radical (unpaired) electrons. The van der Waals surface area contributed by atoms with Gasteiger partial charge in [0.05, 0.1) is 18.1 Å². The summed E-state index contributed by atoms with van der Waals surface area (Å²) < 4.78 is 33.0. The van der Waals surface area contributed by atoms with Gasteiger partial charge in [0.15, 0.2) is 0 Å². The lowest BCUT2D eigenvalue weighted by Gasteiger charge is -2.23. The summed E-state index contributed by atoms with van der Waals surface area (Å²) in [7, 11) is -3.47. The predicted molar refractivity (Wildman–Crippen MR) is 101 cm³/mol. The summed E-state index contributed by atoms with van der Waals surface area (Å²) in [5.74, 6) is 1.21. The second kappa shape index (κ2) is 6.89. The lowest BCUT2D eigenvalue weighted by atomic mass is 10.2. The Kier molecular flexibility index (Phi) is 4.59. The zero-order valence-electron chi connectivity index (χ0n) is 14.8. The third-order valence-electron chi connectivity index (χ3n) is 5.31. The van der Waals surface area contributed by atoms with Gasteiger partial charge in [0.1, 0.15) is 0 Å². The molecule has 0 amide bonds. The van der Waals surface area contributed by atoms with Crippen LogP contribution in [0.5, 0.6) is 0 Å². The Morgan fingerprint density at radius 1 is 1.08 bits per heavy atom. The summed E-state index contributed by atoms with van der Waals surface area (Å²) in [6.07, 6.45) is 3.75. The van der Waals surface area contributed by atoms with Crippen LogP contribution in [0.25, 0.3) is 0 Å². The van der Waals surface area contributed by atoms with E-state index in [9.17, 15) is 8.42 Å². The maximum absolute atomic E-state index is 12.8. The van der Waals surface area contributed by atoms with Crippen LogP contribution >= 0.6 is 0 Å². The van der Waals surface area contributed by atoms with E-state index in [0.29, 0.717) is 42.4 Å². The molecule has 4 nitrogen and oxygen atoms in total. The Labute approximate surface area is 155 Å². The molecule has 5 heteroatoms. The molecule has 0 bridgehead atoms. The number of hydrogen-bond donors (Lipinski definition) is 0. The van der Waals surface area contributed by atoms with Gasteiger partial charge in [0.2, 0.25) is 0 Å². The largest absolute Gasteiger partial charge is 0.376 e. The highest BCUT2D eigenvalue weighted by Crippen LogP contribution is 2.50. The van der Waals surface area contributed by atoms with Crippen LogP contribution in [0.1, 0.15) is 11.1 Å². The van der Waals surface area contributed by atoms with E-state index in [-0.39, 0.29) is 0 Å². The SMILES string of the molecule is Cc1ccc(S(=O)(=O)N2C=C[C@H]3[C@H](COCc4ccccc4)[C@H]3C2)cc1. The molecule has 0 unspecified atom stereocenters.